The summed E-state index contributed by atoms with van der Waals surface area (Å²) in [7, 11) is 0. The van der Waals surface area contributed by atoms with Crippen molar-refractivity contribution in [2.75, 3.05) is 19.6 Å². The zero-order chi connectivity index (χ0) is 15.7. The Kier molecular flexibility index (Phi) is 8.55. The van der Waals surface area contributed by atoms with E-state index in [0.29, 0.717) is 12.5 Å². The van der Waals surface area contributed by atoms with E-state index in [1.54, 1.807) is 6.07 Å². The molecule has 1 aromatic rings. The summed E-state index contributed by atoms with van der Waals surface area (Å²) in [5.74, 6) is 0.548. The first-order chi connectivity index (χ1) is 10.1. The van der Waals surface area contributed by atoms with Gasteiger partial charge in [-0.2, -0.15) is 0 Å². The first-order valence-electron chi connectivity index (χ1n) is 8.27. The summed E-state index contributed by atoms with van der Waals surface area (Å²) in [6.45, 7) is 13.2. The second-order valence-corrected chi connectivity index (χ2v) is 6.17. The van der Waals surface area contributed by atoms with Gasteiger partial charge in [0.15, 0.2) is 0 Å². The van der Waals surface area contributed by atoms with E-state index < -0.39 is 0 Å². The fourth-order valence-electron chi connectivity index (χ4n) is 2.34. The van der Waals surface area contributed by atoms with E-state index in [1.807, 2.05) is 12.1 Å². The van der Waals surface area contributed by atoms with E-state index in [4.69, 9.17) is 0 Å². The van der Waals surface area contributed by atoms with Crippen molar-refractivity contribution < 1.29 is 4.39 Å². The Balaban J connectivity index is 2.63. The van der Waals surface area contributed by atoms with Gasteiger partial charge in [0.1, 0.15) is 5.82 Å². The highest BCUT2D eigenvalue weighted by Gasteiger charge is 2.09. The summed E-state index contributed by atoms with van der Waals surface area (Å²) < 4.78 is 14.0. The average molecular weight is 294 g/mol. The third-order valence-corrected chi connectivity index (χ3v) is 3.66. The van der Waals surface area contributed by atoms with Crippen LogP contribution >= 0.6 is 0 Å². The molecule has 0 aliphatic rings. The number of unbranched alkanes of at least 4 members (excludes halogenated alkanes) is 1. The predicted molar refractivity (Wildman–Crippen MR) is 88.8 cm³/mol. The lowest BCUT2D eigenvalue weighted by molar-refractivity contribution is 0.271. The lowest BCUT2D eigenvalue weighted by Gasteiger charge is -2.21. The van der Waals surface area contributed by atoms with Crippen molar-refractivity contribution in [2.24, 2.45) is 5.92 Å². The topological polar surface area (TPSA) is 15.3 Å². The molecule has 1 N–H and O–H groups in total. The van der Waals surface area contributed by atoms with Crippen LogP contribution in [0.1, 0.15) is 51.7 Å². The predicted octanol–water partition coefficient (Wildman–Crippen LogP) is 4.19. The molecule has 1 rings (SSSR count). The van der Waals surface area contributed by atoms with Gasteiger partial charge in [-0.1, -0.05) is 46.2 Å². The molecule has 0 saturated carbocycles. The Labute approximate surface area is 129 Å². The minimum atomic E-state index is -0.0856. The van der Waals surface area contributed by atoms with Crippen molar-refractivity contribution in [3.05, 3.63) is 35.1 Å². The van der Waals surface area contributed by atoms with Gasteiger partial charge in [-0.25, -0.2) is 4.39 Å². The van der Waals surface area contributed by atoms with Crippen molar-refractivity contribution in [3.8, 4) is 0 Å². The van der Waals surface area contributed by atoms with E-state index in [0.717, 1.165) is 31.7 Å². The van der Waals surface area contributed by atoms with E-state index in [-0.39, 0.29) is 5.82 Å². The van der Waals surface area contributed by atoms with Gasteiger partial charge >= 0.3 is 0 Å². The number of hydrogen-bond acceptors (Lipinski definition) is 2. The van der Waals surface area contributed by atoms with Crippen LogP contribution in [0.25, 0.3) is 0 Å². The SMILES string of the molecule is CCCCN(CC)Cc1cc(CNCC(C)C)ccc1F. The lowest BCUT2D eigenvalue weighted by Crippen LogP contribution is -2.25. The molecule has 0 bridgehead atoms. The normalized spacial score (nSPS) is 11.6. The number of benzene rings is 1. The van der Waals surface area contributed by atoms with Crippen LogP contribution in [0, 0.1) is 11.7 Å². The summed E-state index contributed by atoms with van der Waals surface area (Å²) in [5.41, 5.74) is 1.98. The maximum atomic E-state index is 14.0. The second-order valence-electron chi connectivity index (χ2n) is 6.17. The van der Waals surface area contributed by atoms with Gasteiger partial charge in [0, 0.05) is 18.7 Å². The van der Waals surface area contributed by atoms with Crippen LogP contribution in [0.3, 0.4) is 0 Å². The van der Waals surface area contributed by atoms with Gasteiger partial charge in [-0.3, -0.25) is 4.90 Å². The summed E-state index contributed by atoms with van der Waals surface area (Å²) in [4.78, 5) is 2.31. The van der Waals surface area contributed by atoms with E-state index >= 15 is 0 Å². The van der Waals surface area contributed by atoms with Crippen LogP contribution in [0.2, 0.25) is 0 Å². The molecule has 0 unspecified atom stereocenters. The molecule has 1 aromatic carbocycles. The van der Waals surface area contributed by atoms with Crippen molar-refractivity contribution in [2.45, 2.75) is 53.6 Å². The Morgan fingerprint density at radius 3 is 2.62 bits per heavy atom. The van der Waals surface area contributed by atoms with E-state index in [1.165, 1.54) is 18.4 Å². The highest BCUT2D eigenvalue weighted by molar-refractivity contribution is 5.25. The quantitative estimate of drug-likeness (QED) is 0.696. The molecule has 0 aromatic heterocycles. The number of hydrogen-bond donors (Lipinski definition) is 1. The molecule has 0 radical (unpaired) electrons. The van der Waals surface area contributed by atoms with Gasteiger partial charge in [0.2, 0.25) is 0 Å². The Hall–Kier alpha value is -0.930. The first-order valence-corrected chi connectivity index (χ1v) is 8.27. The molecule has 0 amide bonds. The van der Waals surface area contributed by atoms with Crippen molar-refractivity contribution in [1.29, 1.82) is 0 Å². The molecule has 3 heteroatoms. The second kappa shape index (κ2) is 9.91. The summed E-state index contributed by atoms with van der Waals surface area (Å²) >= 11 is 0. The molecule has 0 aliphatic heterocycles. The number of rotatable bonds is 10. The first kappa shape index (κ1) is 18.1. The molecular formula is C18H31FN2. The minimum absolute atomic E-state index is 0.0856. The Bertz CT molecular complexity index is 404. The molecule has 0 fully saturated rings. The molecule has 0 aliphatic carbocycles. The number of halogens is 1. The maximum Gasteiger partial charge on any atom is 0.127 e. The van der Waals surface area contributed by atoms with Crippen LogP contribution in [-0.4, -0.2) is 24.5 Å². The van der Waals surface area contributed by atoms with Crippen LogP contribution in [0.15, 0.2) is 18.2 Å². The third-order valence-electron chi connectivity index (χ3n) is 3.66. The van der Waals surface area contributed by atoms with Crippen molar-refractivity contribution >= 4 is 0 Å². The van der Waals surface area contributed by atoms with Crippen molar-refractivity contribution in [1.82, 2.24) is 10.2 Å². The summed E-state index contributed by atoms with van der Waals surface area (Å²) in [6, 6.07) is 5.50. The zero-order valence-corrected chi connectivity index (χ0v) is 14.1. The molecular weight excluding hydrogens is 263 g/mol. The molecule has 0 spiro atoms. The molecule has 0 saturated heterocycles. The summed E-state index contributed by atoms with van der Waals surface area (Å²) in [6.07, 6.45) is 2.35. The largest absolute Gasteiger partial charge is 0.312 e. The third kappa shape index (κ3) is 7.05. The highest BCUT2D eigenvalue weighted by atomic mass is 19.1. The average Bonchev–Trinajstić information content (AvgIpc) is 2.46. The molecule has 2 nitrogen and oxygen atoms in total. The molecule has 0 heterocycles. The lowest BCUT2D eigenvalue weighted by atomic mass is 10.1. The maximum absolute atomic E-state index is 14.0. The zero-order valence-electron chi connectivity index (χ0n) is 14.1. The fraction of sp³-hybridized carbons (Fsp3) is 0.667. The monoisotopic (exact) mass is 294 g/mol. The summed E-state index contributed by atoms with van der Waals surface area (Å²) in [5, 5.41) is 3.41. The van der Waals surface area contributed by atoms with Gasteiger partial charge in [-0.15, -0.1) is 0 Å². The fourth-order valence-corrected chi connectivity index (χ4v) is 2.34. The van der Waals surface area contributed by atoms with Crippen LogP contribution in [-0.2, 0) is 13.1 Å². The van der Waals surface area contributed by atoms with Crippen molar-refractivity contribution in [3.63, 3.8) is 0 Å². The van der Waals surface area contributed by atoms with Gasteiger partial charge in [-0.05, 0) is 43.6 Å². The number of nitrogens with zero attached hydrogens (tertiary/aromatic N) is 1. The molecule has 21 heavy (non-hydrogen) atoms. The number of nitrogens with one attached hydrogen (secondary N) is 1. The van der Waals surface area contributed by atoms with Crippen LogP contribution in [0.5, 0.6) is 0 Å². The minimum Gasteiger partial charge on any atom is -0.312 e. The van der Waals surface area contributed by atoms with Gasteiger partial charge < -0.3 is 5.32 Å². The van der Waals surface area contributed by atoms with Gasteiger partial charge in [0.05, 0.1) is 0 Å². The Morgan fingerprint density at radius 1 is 1.24 bits per heavy atom. The van der Waals surface area contributed by atoms with Crippen LogP contribution < -0.4 is 5.32 Å². The van der Waals surface area contributed by atoms with E-state index in [9.17, 15) is 4.39 Å². The molecule has 120 valence electrons. The standard InChI is InChI=1S/C18H31FN2/c1-5-7-10-21(6-2)14-17-11-16(8-9-18(17)19)13-20-12-15(3)4/h8-9,11,15,20H,5-7,10,12-14H2,1-4H3. The van der Waals surface area contributed by atoms with Gasteiger partial charge in [0.25, 0.3) is 0 Å². The Morgan fingerprint density at radius 2 is 2.00 bits per heavy atom. The van der Waals surface area contributed by atoms with E-state index in [2.05, 4.69) is 37.9 Å². The highest BCUT2D eigenvalue weighted by Crippen LogP contribution is 2.14. The smallest absolute Gasteiger partial charge is 0.127 e. The van der Waals surface area contributed by atoms with Crippen LogP contribution in [0.4, 0.5) is 4.39 Å². The molecule has 0 atom stereocenters.